The van der Waals surface area contributed by atoms with Gasteiger partial charge in [-0.2, -0.15) is 5.26 Å². The van der Waals surface area contributed by atoms with Gasteiger partial charge < -0.3 is 10.4 Å². The maximum absolute atomic E-state index is 10.9. The largest absolute Gasteiger partial charge is 0.394 e. The molecule has 0 atom stereocenters. The van der Waals surface area contributed by atoms with Crippen LogP contribution >= 0.6 is 0 Å². The Morgan fingerprint density at radius 3 is 2.72 bits per heavy atom. The van der Waals surface area contributed by atoms with Crippen LogP contribution in [0.1, 0.15) is 24.8 Å². The normalized spacial score (nSPS) is 16.4. The number of nitriles is 1. The highest BCUT2D eigenvalue weighted by atomic mass is 16.6. The molecule has 2 N–H and O–H groups in total. The van der Waals surface area contributed by atoms with Crippen LogP contribution in [0.5, 0.6) is 0 Å². The summed E-state index contributed by atoms with van der Waals surface area (Å²) >= 11 is 0. The van der Waals surface area contributed by atoms with E-state index in [1.165, 1.54) is 18.2 Å². The third-order valence-corrected chi connectivity index (χ3v) is 3.34. The van der Waals surface area contributed by atoms with Gasteiger partial charge in [0, 0.05) is 6.07 Å². The molecule has 1 aromatic carbocycles. The number of nitro benzene ring substituents is 1. The van der Waals surface area contributed by atoms with Crippen molar-refractivity contribution in [1.82, 2.24) is 0 Å². The van der Waals surface area contributed by atoms with E-state index < -0.39 is 10.5 Å². The quantitative estimate of drug-likeness (QED) is 0.624. The van der Waals surface area contributed by atoms with Crippen LogP contribution in [0.15, 0.2) is 18.2 Å². The van der Waals surface area contributed by atoms with Gasteiger partial charge in [0.2, 0.25) is 0 Å². The van der Waals surface area contributed by atoms with Crippen molar-refractivity contribution in [2.24, 2.45) is 0 Å². The van der Waals surface area contributed by atoms with Gasteiger partial charge in [-0.25, -0.2) is 0 Å². The summed E-state index contributed by atoms with van der Waals surface area (Å²) in [5, 5.41) is 32.1. The van der Waals surface area contributed by atoms with Crippen molar-refractivity contribution in [2.45, 2.75) is 24.8 Å². The van der Waals surface area contributed by atoms with Gasteiger partial charge in [0.1, 0.15) is 5.69 Å². The van der Waals surface area contributed by atoms with E-state index in [4.69, 9.17) is 5.26 Å². The Kier molecular flexibility index (Phi) is 3.17. The molecule has 0 aliphatic heterocycles. The molecule has 6 nitrogen and oxygen atoms in total. The van der Waals surface area contributed by atoms with Gasteiger partial charge in [0.15, 0.2) is 0 Å². The van der Waals surface area contributed by atoms with E-state index in [-0.39, 0.29) is 12.3 Å². The second-order valence-electron chi connectivity index (χ2n) is 4.52. The highest BCUT2D eigenvalue weighted by Crippen LogP contribution is 2.37. The number of nitrogens with one attached hydrogen (secondary N) is 1. The second kappa shape index (κ2) is 4.63. The molecule has 94 valence electrons. The Balaban J connectivity index is 2.35. The van der Waals surface area contributed by atoms with Crippen LogP contribution < -0.4 is 5.32 Å². The first-order valence-electron chi connectivity index (χ1n) is 5.68. The predicted molar refractivity (Wildman–Crippen MR) is 65.1 cm³/mol. The van der Waals surface area contributed by atoms with Gasteiger partial charge in [-0.3, -0.25) is 10.1 Å². The Morgan fingerprint density at radius 2 is 2.28 bits per heavy atom. The lowest BCUT2D eigenvalue weighted by atomic mass is 9.77. The molecule has 1 fully saturated rings. The van der Waals surface area contributed by atoms with Gasteiger partial charge in [-0.05, 0) is 31.4 Å². The molecule has 0 spiro atoms. The van der Waals surface area contributed by atoms with E-state index in [1.54, 1.807) is 0 Å². The van der Waals surface area contributed by atoms with Crippen molar-refractivity contribution in [3.05, 3.63) is 33.9 Å². The van der Waals surface area contributed by atoms with Crippen molar-refractivity contribution in [3.8, 4) is 6.07 Å². The van der Waals surface area contributed by atoms with E-state index >= 15 is 0 Å². The zero-order valence-corrected chi connectivity index (χ0v) is 9.72. The van der Waals surface area contributed by atoms with Gasteiger partial charge >= 0.3 is 0 Å². The first-order valence-corrected chi connectivity index (χ1v) is 5.68. The molecular weight excluding hydrogens is 234 g/mol. The van der Waals surface area contributed by atoms with Crippen LogP contribution in [0.3, 0.4) is 0 Å². The Bertz CT molecular complexity index is 512. The van der Waals surface area contributed by atoms with Crippen molar-refractivity contribution < 1.29 is 10.0 Å². The number of aliphatic hydroxyl groups excluding tert-OH is 1. The molecule has 0 radical (unpaired) electrons. The van der Waals surface area contributed by atoms with Gasteiger partial charge in [-0.1, -0.05) is 0 Å². The summed E-state index contributed by atoms with van der Waals surface area (Å²) in [5.74, 6) is 0. The number of nitro groups is 1. The van der Waals surface area contributed by atoms with E-state index in [0.717, 1.165) is 19.3 Å². The lowest BCUT2D eigenvalue weighted by molar-refractivity contribution is -0.384. The summed E-state index contributed by atoms with van der Waals surface area (Å²) in [6, 6.07) is 6.12. The Morgan fingerprint density at radius 1 is 1.56 bits per heavy atom. The molecule has 1 aliphatic rings. The highest BCUT2D eigenvalue weighted by molar-refractivity contribution is 5.65. The summed E-state index contributed by atoms with van der Waals surface area (Å²) in [7, 11) is 0. The Labute approximate surface area is 104 Å². The number of nitrogens with zero attached hydrogens (tertiary/aromatic N) is 2. The number of benzene rings is 1. The summed E-state index contributed by atoms with van der Waals surface area (Å²) in [5.41, 5.74) is 0.107. The SMILES string of the molecule is N#Cc1ccc([N+](=O)[O-])c(NC2(CO)CCC2)c1. The highest BCUT2D eigenvalue weighted by Gasteiger charge is 2.37. The molecule has 1 aromatic rings. The number of aliphatic hydroxyl groups is 1. The van der Waals surface area contributed by atoms with Crippen LogP contribution in [-0.4, -0.2) is 22.2 Å². The van der Waals surface area contributed by atoms with Crippen molar-refractivity contribution in [3.63, 3.8) is 0 Å². The lowest BCUT2D eigenvalue weighted by Gasteiger charge is -2.41. The molecule has 0 heterocycles. The topological polar surface area (TPSA) is 99.2 Å². The molecule has 2 rings (SSSR count). The predicted octanol–water partition coefficient (Wildman–Crippen LogP) is 1.79. The first-order chi connectivity index (χ1) is 8.60. The van der Waals surface area contributed by atoms with Crippen molar-refractivity contribution >= 4 is 11.4 Å². The minimum absolute atomic E-state index is 0.0685. The molecule has 1 aliphatic carbocycles. The van der Waals surface area contributed by atoms with Gasteiger partial charge in [0.25, 0.3) is 5.69 Å². The molecule has 0 unspecified atom stereocenters. The zero-order chi connectivity index (χ0) is 13.2. The average molecular weight is 247 g/mol. The summed E-state index contributed by atoms with van der Waals surface area (Å²) in [6.07, 6.45) is 2.54. The standard InChI is InChI=1S/C12H13N3O3/c13-7-9-2-3-11(15(17)18)10(6-9)14-12(8-16)4-1-5-12/h2-3,6,14,16H,1,4-5,8H2. The van der Waals surface area contributed by atoms with Crippen molar-refractivity contribution in [1.29, 1.82) is 5.26 Å². The number of anilines is 1. The third-order valence-electron chi connectivity index (χ3n) is 3.34. The van der Waals surface area contributed by atoms with Gasteiger partial charge in [-0.15, -0.1) is 0 Å². The average Bonchev–Trinajstić information content (AvgIpc) is 2.33. The van der Waals surface area contributed by atoms with Crippen LogP contribution in [0, 0.1) is 21.4 Å². The minimum Gasteiger partial charge on any atom is -0.394 e. The Hall–Kier alpha value is -2.13. The first kappa shape index (κ1) is 12.3. The van der Waals surface area contributed by atoms with E-state index in [9.17, 15) is 15.2 Å². The maximum atomic E-state index is 10.9. The van der Waals surface area contributed by atoms with Crippen molar-refractivity contribution in [2.75, 3.05) is 11.9 Å². The van der Waals surface area contributed by atoms with Crippen LogP contribution in [0.2, 0.25) is 0 Å². The number of hydrogen-bond donors (Lipinski definition) is 2. The smallest absolute Gasteiger partial charge is 0.292 e. The lowest BCUT2D eigenvalue weighted by Crippen LogP contribution is -2.48. The third kappa shape index (κ3) is 2.13. The number of rotatable bonds is 4. The molecular formula is C12H13N3O3. The molecule has 1 saturated carbocycles. The van der Waals surface area contributed by atoms with Gasteiger partial charge in [0.05, 0.1) is 28.7 Å². The molecule has 0 bridgehead atoms. The molecule has 0 saturated heterocycles. The molecule has 0 aromatic heterocycles. The van der Waals surface area contributed by atoms with Crippen LogP contribution in [0.4, 0.5) is 11.4 Å². The zero-order valence-electron chi connectivity index (χ0n) is 9.72. The summed E-state index contributed by atoms with van der Waals surface area (Å²) < 4.78 is 0. The maximum Gasteiger partial charge on any atom is 0.292 e. The minimum atomic E-state index is -0.493. The van der Waals surface area contributed by atoms with E-state index in [1.807, 2.05) is 6.07 Å². The molecule has 0 amide bonds. The van der Waals surface area contributed by atoms with E-state index in [0.29, 0.717) is 11.3 Å². The number of hydrogen-bond acceptors (Lipinski definition) is 5. The fourth-order valence-corrected chi connectivity index (χ4v) is 2.08. The summed E-state index contributed by atoms with van der Waals surface area (Å²) in [6.45, 7) is -0.0685. The molecule has 18 heavy (non-hydrogen) atoms. The van der Waals surface area contributed by atoms with Crippen LogP contribution in [0.25, 0.3) is 0 Å². The second-order valence-corrected chi connectivity index (χ2v) is 4.52. The van der Waals surface area contributed by atoms with Crippen LogP contribution in [-0.2, 0) is 0 Å². The monoisotopic (exact) mass is 247 g/mol. The fourth-order valence-electron chi connectivity index (χ4n) is 2.08. The fraction of sp³-hybridized carbons (Fsp3) is 0.417. The van der Waals surface area contributed by atoms with E-state index in [2.05, 4.69) is 5.32 Å². The molecule has 6 heteroatoms. The summed E-state index contributed by atoms with van der Waals surface area (Å²) in [4.78, 5) is 10.4.